The summed E-state index contributed by atoms with van der Waals surface area (Å²) >= 11 is 0. The van der Waals surface area contributed by atoms with E-state index in [-0.39, 0.29) is 24.0 Å². The molecule has 3 rings (SSSR count). The lowest BCUT2D eigenvalue weighted by molar-refractivity contribution is -0.136. The van der Waals surface area contributed by atoms with Crippen molar-refractivity contribution in [2.45, 2.75) is 38.1 Å². The van der Waals surface area contributed by atoms with Gasteiger partial charge in [0.15, 0.2) is 0 Å². The van der Waals surface area contributed by atoms with Gasteiger partial charge >= 0.3 is 0 Å². The third-order valence-electron chi connectivity index (χ3n) is 4.76. The van der Waals surface area contributed by atoms with Crippen LogP contribution in [-0.2, 0) is 9.59 Å². The third kappa shape index (κ3) is 3.85. The second-order valence-electron chi connectivity index (χ2n) is 6.64. The second-order valence-corrected chi connectivity index (χ2v) is 6.64. The number of carbonyl (C=O) groups is 4. The molecule has 27 heavy (non-hydrogen) atoms. The van der Waals surface area contributed by atoms with Gasteiger partial charge in [-0.25, -0.2) is 0 Å². The van der Waals surface area contributed by atoms with E-state index in [1.807, 2.05) is 7.05 Å². The average molecular weight is 373 g/mol. The number of nitrogens with one attached hydrogen (secondary N) is 2. The van der Waals surface area contributed by atoms with E-state index in [1.54, 1.807) is 18.2 Å². The quantitative estimate of drug-likeness (QED) is 0.517. The van der Waals surface area contributed by atoms with Gasteiger partial charge in [-0.05, 0) is 51.4 Å². The molecule has 8 nitrogen and oxygen atoms in total. The molecule has 0 bridgehead atoms. The van der Waals surface area contributed by atoms with E-state index in [1.165, 1.54) is 0 Å². The van der Waals surface area contributed by atoms with Gasteiger partial charge in [-0.15, -0.1) is 0 Å². The highest BCUT2D eigenvalue weighted by atomic mass is 16.5. The lowest BCUT2D eigenvalue weighted by Crippen LogP contribution is -2.54. The summed E-state index contributed by atoms with van der Waals surface area (Å²) in [6, 6.07) is 3.91. The standard InChI is InChI=1S/C19H23N3O5/c1-20-10-3-2-4-11-27-14-7-5-6-12-16(14)19(26)22(18(12)25)13-8-9-15(23)21-17(13)24/h5-7,13,20H,2-4,8-11H2,1H3,(H,21,23,24). The zero-order chi connectivity index (χ0) is 19.4. The topological polar surface area (TPSA) is 105 Å². The van der Waals surface area contributed by atoms with Crippen LogP contribution in [0.4, 0.5) is 0 Å². The minimum atomic E-state index is -0.968. The Morgan fingerprint density at radius 3 is 2.70 bits per heavy atom. The maximum Gasteiger partial charge on any atom is 0.266 e. The molecule has 2 aliphatic heterocycles. The van der Waals surface area contributed by atoms with E-state index in [9.17, 15) is 19.2 Å². The van der Waals surface area contributed by atoms with Gasteiger partial charge in [-0.1, -0.05) is 6.07 Å². The number of carbonyl (C=O) groups excluding carboxylic acids is 4. The smallest absolute Gasteiger partial charge is 0.266 e. The first-order chi connectivity index (χ1) is 13.0. The van der Waals surface area contributed by atoms with Crippen molar-refractivity contribution in [3.05, 3.63) is 29.3 Å². The van der Waals surface area contributed by atoms with Gasteiger partial charge in [0.05, 0.1) is 17.7 Å². The van der Waals surface area contributed by atoms with Gasteiger partial charge in [0.2, 0.25) is 11.8 Å². The number of ether oxygens (including phenoxy) is 1. The number of hydrogen-bond acceptors (Lipinski definition) is 6. The number of imide groups is 2. The van der Waals surface area contributed by atoms with E-state index in [2.05, 4.69) is 10.6 Å². The minimum Gasteiger partial charge on any atom is -0.493 e. The zero-order valence-corrected chi connectivity index (χ0v) is 15.2. The second kappa shape index (κ2) is 8.30. The summed E-state index contributed by atoms with van der Waals surface area (Å²) in [6.07, 6.45) is 3.10. The molecule has 0 aliphatic carbocycles. The van der Waals surface area contributed by atoms with Crippen LogP contribution in [0.15, 0.2) is 18.2 Å². The predicted octanol–water partition coefficient (Wildman–Crippen LogP) is 0.856. The fraction of sp³-hybridized carbons (Fsp3) is 0.474. The Balaban J connectivity index is 1.72. The Morgan fingerprint density at radius 1 is 1.15 bits per heavy atom. The van der Waals surface area contributed by atoms with Crippen LogP contribution in [-0.4, -0.2) is 54.8 Å². The molecular formula is C19H23N3O5. The summed E-state index contributed by atoms with van der Waals surface area (Å²) in [6.45, 7) is 1.38. The Morgan fingerprint density at radius 2 is 1.96 bits per heavy atom. The van der Waals surface area contributed by atoms with Crippen molar-refractivity contribution < 1.29 is 23.9 Å². The van der Waals surface area contributed by atoms with Crippen molar-refractivity contribution in [1.29, 1.82) is 0 Å². The summed E-state index contributed by atoms with van der Waals surface area (Å²) < 4.78 is 5.75. The van der Waals surface area contributed by atoms with E-state index >= 15 is 0 Å². The molecule has 0 radical (unpaired) electrons. The molecule has 1 fully saturated rings. The number of fused-ring (bicyclic) bond motifs is 1. The van der Waals surface area contributed by atoms with Crippen molar-refractivity contribution in [3.8, 4) is 5.75 Å². The molecule has 0 aromatic heterocycles. The summed E-state index contributed by atoms with van der Waals surface area (Å²) in [5.74, 6) is -1.73. The van der Waals surface area contributed by atoms with Crippen LogP contribution in [0.2, 0.25) is 0 Å². The van der Waals surface area contributed by atoms with Gasteiger partial charge < -0.3 is 10.1 Å². The highest BCUT2D eigenvalue weighted by Gasteiger charge is 2.45. The van der Waals surface area contributed by atoms with Crippen LogP contribution in [0.5, 0.6) is 5.75 Å². The highest BCUT2D eigenvalue weighted by Crippen LogP contribution is 2.33. The number of nitrogens with zero attached hydrogens (tertiary/aromatic N) is 1. The fourth-order valence-corrected chi connectivity index (χ4v) is 3.37. The van der Waals surface area contributed by atoms with E-state index in [0.717, 1.165) is 30.7 Å². The lowest BCUT2D eigenvalue weighted by Gasteiger charge is -2.27. The molecule has 0 spiro atoms. The fourth-order valence-electron chi connectivity index (χ4n) is 3.37. The molecule has 1 aromatic carbocycles. The van der Waals surface area contributed by atoms with Gasteiger partial charge in [0, 0.05) is 6.42 Å². The number of hydrogen-bond donors (Lipinski definition) is 2. The van der Waals surface area contributed by atoms with Gasteiger partial charge in [0.25, 0.3) is 11.8 Å². The van der Waals surface area contributed by atoms with Crippen molar-refractivity contribution in [2.24, 2.45) is 0 Å². The first-order valence-electron chi connectivity index (χ1n) is 9.16. The Bertz CT molecular complexity index is 777. The largest absolute Gasteiger partial charge is 0.493 e. The third-order valence-corrected chi connectivity index (χ3v) is 4.76. The Kier molecular flexibility index (Phi) is 5.85. The molecule has 0 saturated carbocycles. The zero-order valence-electron chi connectivity index (χ0n) is 15.2. The van der Waals surface area contributed by atoms with Crippen LogP contribution < -0.4 is 15.4 Å². The summed E-state index contributed by atoms with van der Waals surface area (Å²) in [7, 11) is 1.90. The van der Waals surface area contributed by atoms with Crippen LogP contribution >= 0.6 is 0 Å². The first kappa shape index (κ1) is 19.0. The number of amides is 4. The molecule has 1 atom stereocenters. The van der Waals surface area contributed by atoms with E-state index in [0.29, 0.717) is 12.4 Å². The van der Waals surface area contributed by atoms with Crippen molar-refractivity contribution >= 4 is 23.6 Å². The number of unbranched alkanes of at least 4 members (excludes halogenated alkanes) is 2. The molecule has 2 aliphatic rings. The van der Waals surface area contributed by atoms with Crippen LogP contribution in [0.1, 0.15) is 52.8 Å². The summed E-state index contributed by atoms with van der Waals surface area (Å²) in [4.78, 5) is 50.0. The molecule has 1 unspecified atom stereocenters. The molecule has 1 saturated heterocycles. The molecule has 1 aromatic rings. The normalized spacial score (nSPS) is 19.3. The van der Waals surface area contributed by atoms with Crippen molar-refractivity contribution in [3.63, 3.8) is 0 Å². The first-order valence-corrected chi connectivity index (χ1v) is 9.16. The molecular weight excluding hydrogens is 350 g/mol. The summed E-state index contributed by atoms with van der Waals surface area (Å²) in [5.41, 5.74) is 0.430. The number of rotatable bonds is 8. The maximum absolute atomic E-state index is 12.9. The number of piperidine rings is 1. The van der Waals surface area contributed by atoms with Gasteiger partial charge in [-0.2, -0.15) is 0 Å². The van der Waals surface area contributed by atoms with Crippen LogP contribution in [0, 0.1) is 0 Å². The Hall–Kier alpha value is -2.74. The van der Waals surface area contributed by atoms with Crippen LogP contribution in [0.25, 0.3) is 0 Å². The molecule has 144 valence electrons. The van der Waals surface area contributed by atoms with Gasteiger partial charge in [0.1, 0.15) is 11.8 Å². The van der Waals surface area contributed by atoms with Gasteiger partial charge in [-0.3, -0.25) is 29.4 Å². The maximum atomic E-state index is 12.9. The van der Waals surface area contributed by atoms with Crippen LogP contribution in [0.3, 0.4) is 0 Å². The molecule has 4 amide bonds. The lowest BCUT2D eigenvalue weighted by atomic mass is 10.0. The molecule has 8 heteroatoms. The Labute approximate surface area is 157 Å². The average Bonchev–Trinajstić information content (AvgIpc) is 2.90. The van der Waals surface area contributed by atoms with E-state index in [4.69, 9.17) is 4.74 Å². The van der Waals surface area contributed by atoms with Crippen molar-refractivity contribution in [1.82, 2.24) is 15.5 Å². The summed E-state index contributed by atoms with van der Waals surface area (Å²) in [5, 5.41) is 5.27. The molecule has 2 heterocycles. The highest BCUT2D eigenvalue weighted by molar-refractivity contribution is 6.24. The molecule has 2 N–H and O–H groups in total. The van der Waals surface area contributed by atoms with E-state index < -0.39 is 29.7 Å². The SMILES string of the molecule is CNCCCCCOc1cccc2c1C(=O)N(C1CCC(=O)NC1=O)C2=O. The minimum absolute atomic E-state index is 0.0970. The number of benzene rings is 1. The van der Waals surface area contributed by atoms with Crippen molar-refractivity contribution in [2.75, 3.05) is 20.2 Å². The predicted molar refractivity (Wildman–Crippen MR) is 96.4 cm³/mol. The monoisotopic (exact) mass is 373 g/mol.